The number of aromatic nitrogens is 2. The Morgan fingerprint density at radius 2 is 1.84 bits per heavy atom. The van der Waals surface area contributed by atoms with Crippen LogP contribution in [0.1, 0.15) is 54.2 Å². The number of hydrogen-bond donors (Lipinski definition) is 4. The Labute approximate surface area is 228 Å². The highest BCUT2D eigenvalue weighted by atomic mass is 35.5. The number of pyridine rings is 1. The van der Waals surface area contributed by atoms with E-state index in [0.29, 0.717) is 23.7 Å². The number of nitrogens with one attached hydrogen (secondary N) is 2. The average molecular weight is 552 g/mol. The van der Waals surface area contributed by atoms with Crippen molar-refractivity contribution in [1.29, 1.82) is 0 Å². The number of hydrogen-bond acceptors (Lipinski definition) is 5. The lowest BCUT2D eigenvalue weighted by molar-refractivity contribution is 0.0691. The second kappa shape index (κ2) is 11.9. The fourth-order valence-electron chi connectivity index (χ4n) is 5.49. The topological polar surface area (TPSA) is 111 Å². The molecule has 0 spiro atoms. The first-order valence-electron chi connectivity index (χ1n) is 12.6. The van der Waals surface area contributed by atoms with Crippen LogP contribution in [0.4, 0.5) is 0 Å². The van der Waals surface area contributed by atoms with E-state index in [1.54, 1.807) is 0 Å². The van der Waals surface area contributed by atoms with Crippen molar-refractivity contribution >= 4 is 41.7 Å². The van der Waals surface area contributed by atoms with E-state index in [-0.39, 0.29) is 24.8 Å². The van der Waals surface area contributed by atoms with Crippen LogP contribution < -0.4 is 10.9 Å². The summed E-state index contributed by atoms with van der Waals surface area (Å²) in [6, 6.07) is 8.79. The third kappa shape index (κ3) is 5.82. The van der Waals surface area contributed by atoms with Crippen LogP contribution in [0.25, 0.3) is 22.2 Å². The number of halogens is 2. The number of carboxylic acid groups (broad SMARTS) is 1. The minimum absolute atomic E-state index is 0. The number of benzene rings is 1. The molecule has 0 atom stereocenters. The highest BCUT2D eigenvalue weighted by Gasteiger charge is 2.29. The van der Waals surface area contributed by atoms with Gasteiger partial charge in [0.1, 0.15) is 5.75 Å². The van der Waals surface area contributed by atoms with Crippen LogP contribution in [-0.4, -0.2) is 56.3 Å². The molecule has 0 unspecified atom stereocenters. The molecule has 37 heavy (non-hydrogen) atoms. The van der Waals surface area contributed by atoms with E-state index in [1.807, 2.05) is 25.1 Å². The molecule has 3 heterocycles. The van der Waals surface area contributed by atoms with Crippen molar-refractivity contribution in [3.8, 4) is 17.0 Å². The molecule has 1 aliphatic carbocycles. The minimum Gasteiger partial charge on any atom is -0.506 e. The number of aromatic carboxylic acids is 1. The van der Waals surface area contributed by atoms with Gasteiger partial charge in [0, 0.05) is 48.3 Å². The summed E-state index contributed by atoms with van der Waals surface area (Å²) in [6.07, 6.45) is 5.44. The second-order valence-corrected chi connectivity index (χ2v) is 10.0. The molecule has 0 radical (unpaired) electrons. The number of carbonyl (C=O) groups is 1. The molecule has 1 saturated heterocycles. The number of fused-ring (bicyclic) bond motifs is 1. The zero-order valence-corrected chi connectivity index (χ0v) is 22.9. The van der Waals surface area contributed by atoms with Gasteiger partial charge in [-0.2, -0.15) is 0 Å². The third-order valence-corrected chi connectivity index (χ3v) is 7.67. The normalized spacial score (nSPS) is 16.0. The number of aryl methyl sites for hydroxylation is 1. The van der Waals surface area contributed by atoms with Gasteiger partial charge in [0.15, 0.2) is 5.56 Å². The smallest absolute Gasteiger partial charge is 0.345 e. The lowest BCUT2D eigenvalue weighted by Crippen LogP contribution is -2.43. The van der Waals surface area contributed by atoms with Crippen LogP contribution in [0.5, 0.6) is 5.75 Å². The summed E-state index contributed by atoms with van der Waals surface area (Å²) in [7, 11) is 2.10. The van der Waals surface area contributed by atoms with Crippen molar-refractivity contribution in [1.82, 2.24) is 19.8 Å². The molecule has 0 bridgehead atoms. The Morgan fingerprint density at radius 3 is 2.46 bits per heavy atom. The summed E-state index contributed by atoms with van der Waals surface area (Å²) in [4.78, 5) is 29.3. The Balaban J connectivity index is 0.00000190. The number of aromatic hydroxyl groups is 1. The van der Waals surface area contributed by atoms with Crippen LogP contribution in [-0.2, 0) is 20.0 Å². The molecule has 2 fully saturated rings. The molecular formula is C27H36Cl2N4O4. The average Bonchev–Trinajstić information content (AvgIpc) is 3.61. The van der Waals surface area contributed by atoms with Crippen molar-refractivity contribution in [2.45, 2.75) is 51.6 Å². The molecule has 202 valence electrons. The molecule has 1 aromatic carbocycles. The largest absolute Gasteiger partial charge is 0.506 e. The Kier molecular flexibility index (Phi) is 9.34. The lowest BCUT2D eigenvalue weighted by atomic mass is 9.99. The first kappa shape index (κ1) is 29.0. The van der Waals surface area contributed by atoms with E-state index < -0.39 is 22.8 Å². The number of nitrogens with zero attached hydrogens (tertiary/aromatic N) is 2. The predicted octanol–water partition coefficient (Wildman–Crippen LogP) is 4.31. The summed E-state index contributed by atoms with van der Waals surface area (Å²) in [5.74, 6) is -1.06. The number of aromatic amines is 1. The second-order valence-electron chi connectivity index (χ2n) is 10.0. The minimum atomic E-state index is -1.43. The van der Waals surface area contributed by atoms with Gasteiger partial charge < -0.3 is 25.1 Å². The van der Waals surface area contributed by atoms with Crippen LogP contribution >= 0.6 is 24.8 Å². The monoisotopic (exact) mass is 550 g/mol. The summed E-state index contributed by atoms with van der Waals surface area (Å²) in [5.41, 5.74) is 2.60. The number of rotatable bonds is 8. The van der Waals surface area contributed by atoms with Gasteiger partial charge in [0.2, 0.25) is 0 Å². The SMILES string of the molecule is CCc1c(-c2ccc3c(c2)cc(CN(CC2CC2)C2CCNCC2)n3C)[nH]c(=O)c(C(=O)O)c1O.Cl.Cl. The van der Waals surface area contributed by atoms with E-state index in [0.717, 1.165) is 48.6 Å². The quantitative estimate of drug-likeness (QED) is 0.332. The summed E-state index contributed by atoms with van der Waals surface area (Å²) in [6.45, 7) is 6.06. The fraction of sp³-hybridized carbons (Fsp3) is 0.481. The maximum atomic E-state index is 12.4. The molecule has 2 aromatic heterocycles. The number of piperidine rings is 1. The van der Waals surface area contributed by atoms with Gasteiger partial charge in [-0.3, -0.25) is 9.69 Å². The van der Waals surface area contributed by atoms with E-state index in [4.69, 9.17) is 0 Å². The first-order chi connectivity index (χ1) is 16.9. The summed E-state index contributed by atoms with van der Waals surface area (Å²) in [5, 5.41) is 24.4. The van der Waals surface area contributed by atoms with E-state index in [2.05, 4.69) is 32.9 Å². The van der Waals surface area contributed by atoms with Gasteiger partial charge in [0.25, 0.3) is 5.56 Å². The molecule has 2 aliphatic rings. The molecule has 10 heteroatoms. The van der Waals surface area contributed by atoms with Gasteiger partial charge in [-0.1, -0.05) is 13.0 Å². The van der Waals surface area contributed by atoms with E-state index in [1.165, 1.54) is 31.4 Å². The van der Waals surface area contributed by atoms with Crippen LogP contribution in [0.2, 0.25) is 0 Å². The van der Waals surface area contributed by atoms with Gasteiger partial charge in [0.05, 0.1) is 5.69 Å². The van der Waals surface area contributed by atoms with Crippen molar-refractivity contribution in [2.75, 3.05) is 19.6 Å². The van der Waals surface area contributed by atoms with Gasteiger partial charge in [-0.05, 0) is 74.9 Å². The van der Waals surface area contributed by atoms with Gasteiger partial charge in [-0.15, -0.1) is 24.8 Å². The standard InChI is InChI=1S/C27H34N4O4.2ClH/c1-3-21-24(29-26(33)23(25(21)32)27(34)35)17-6-7-22-18(12-17)13-20(30(22)2)15-31(14-16-4-5-16)19-8-10-28-11-9-19;;/h6-7,12-13,16,19,28H,3-5,8-11,14-15H2,1-2H3,(H,34,35)(H2,29,32,33);2*1H. The Bertz CT molecular complexity index is 1330. The first-order valence-corrected chi connectivity index (χ1v) is 12.6. The summed E-state index contributed by atoms with van der Waals surface area (Å²) < 4.78 is 2.24. The van der Waals surface area contributed by atoms with Crippen molar-refractivity contribution in [3.63, 3.8) is 0 Å². The van der Waals surface area contributed by atoms with Gasteiger partial charge >= 0.3 is 5.97 Å². The maximum absolute atomic E-state index is 12.4. The highest BCUT2D eigenvalue weighted by molar-refractivity contribution is 5.92. The molecule has 4 N–H and O–H groups in total. The third-order valence-electron chi connectivity index (χ3n) is 7.67. The molecule has 1 saturated carbocycles. The zero-order valence-electron chi connectivity index (χ0n) is 21.2. The van der Waals surface area contributed by atoms with Gasteiger partial charge in [-0.25, -0.2) is 4.79 Å². The highest BCUT2D eigenvalue weighted by Crippen LogP contribution is 2.34. The van der Waals surface area contributed by atoms with Crippen molar-refractivity contribution in [3.05, 3.63) is 51.4 Å². The van der Waals surface area contributed by atoms with Crippen molar-refractivity contribution < 1.29 is 15.0 Å². The van der Waals surface area contributed by atoms with Crippen molar-refractivity contribution in [2.24, 2.45) is 13.0 Å². The van der Waals surface area contributed by atoms with Crippen LogP contribution in [0, 0.1) is 5.92 Å². The molecule has 1 aliphatic heterocycles. The number of H-pyrrole nitrogens is 1. The molecule has 0 amide bonds. The lowest BCUT2D eigenvalue weighted by Gasteiger charge is -2.35. The predicted molar refractivity (Wildman–Crippen MR) is 150 cm³/mol. The Morgan fingerprint density at radius 1 is 1.14 bits per heavy atom. The molecule has 3 aromatic rings. The summed E-state index contributed by atoms with van der Waals surface area (Å²) >= 11 is 0. The zero-order chi connectivity index (χ0) is 24.7. The van der Waals surface area contributed by atoms with Crippen LogP contribution in [0.15, 0.2) is 29.1 Å². The fourth-order valence-corrected chi connectivity index (χ4v) is 5.49. The van der Waals surface area contributed by atoms with Crippen LogP contribution in [0.3, 0.4) is 0 Å². The van der Waals surface area contributed by atoms with E-state index >= 15 is 0 Å². The molecular weight excluding hydrogens is 515 g/mol. The molecule has 5 rings (SSSR count). The maximum Gasteiger partial charge on any atom is 0.345 e. The number of carboxylic acids is 1. The Hall–Kier alpha value is -2.52. The molecule has 8 nitrogen and oxygen atoms in total. The van der Waals surface area contributed by atoms with E-state index in [9.17, 15) is 19.8 Å².